The largest absolute Gasteiger partial charge is 0.388 e. The highest BCUT2D eigenvalue weighted by Crippen LogP contribution is 2.14. The molecule has 0 radical (unpaired) electrons. The van der Waals surface area contributed by atoms with Gasteiger partial charge in [-0.1, -0.05) is 30.3 Å². The Kier molecular flexibility index (Phi) is 6.45. The van der Waals surface area contributed by atoms with Crippen LogP contribution in [-0.4, -0.2) is 56.5 Å². The van der Waals surface area contributed by atoms with E-state index in [1.165, 1.54) is 5.56 Å². The summed E-state index contributed by atoms with van der Waals surface area (Å²) in [6.45, 7) is 3.57. The van der Waals surface area contributed by atoms with Crippen molar-refractivity contribution in [2.24, 2.45) is 0 Å². The van der Waals surface area contributed by atoms with Gasteiger partial charge in [0.2, 0.25) is 0 Å². The number of rotatable bonds is 8. The van der Waals surface area contributed by atoms with Crippen LogP contribution in [0.25, 0.3) is 0 Å². The van der Waals surface area contributed by atoms with E-state index in [4.69, 9.17) is 4.74 Å². The number of benzene rings is 1. The average molecular weight is 266 g/mol. The summed E-state index contributed by atoms with van der Waals surface area (Å²) in [5.41, 5.74) is 0.412. The lowest BCUT2D eigenvalue weighted by molar-refractivity contribution is 0.0279. The van der Waals surface area contributed by atoms with Gasteiger partial charge in [0, 0.05) is 20.2 Å². The van der Waals surface area contributed by atoms with Crippen LogP contribution in [0.5, 0.6) is 0 Å². The predicted molar refractivity (Wildman–Crippen MR) is 78.2 cm³/mol. The van der Waals surface area contributed by atoms with Gasteiger partial charge in [-0.05, 0) is 26.6 Å². The molecule has 0 saturated carbocycles. The van der Waals surface area contributed by atoms with E-state index in [2.05, 4.69) is 17.4 Å². The third-order valence-electron chi connectivity index (χ3n) is 2.92. The van der Waals surface area contributed by atoms with E-state index in [-0.39, 0.29) is 6.04 Å². The fourth-order valence-corrected chi connectivity index (χ4v) is 2.21. The van der Waals surface area contributed by atoms with E-state index in [9.17, 15) is 5.11 Å². The van der Waals surface area contributed by atoms with Gasteiger partial charge < -0.3 is 20.1 Å². The standard InChI is InChI=1S/C15H26N2O2/c1-15(18,12-17(2)3)11-16-14(10-19-4)13-8-6-5-7-9-13/h5-9,14,16,18H,10-12H2,1-4H3. The van der Waals surface area contributed by atoms with E-state index in [1.807, 2.05) is 44.1 Å². The Hall–Kier alpha value is -0.940. The van der Waals surface area contributed by atoms with Gasteiger partial charge >= 0.3 is 0 Å². The van der Waals surface area contributed by atoms with Gasteiger partial charge in [-0.2, -0.15) is 0 Å². The van der Waals surface area contributed by atoms with Crippen LogP contribution >= 0.6 is 0 Å². The highest BCUT2D eigenvalue weighted by atomic mass is 16.5. The van der Waals surface area contributed by atoms with Crippen LogP contribution in [0.1, 0.15) is 18.5 Å². The molecule has 4 heteroatoms. The molecule has 0 spiro atoms. The summed E-state index contributed by atoms with van der Waals surface area (Å²) in [5, 5.41) is 13.7. The third-order valence-corrected chi connectivity index (χ3v) is 2.92. The molecule has 1 rings (SSSR count). The molecule has 2 atom stereocenters. The Bertz CT molecular complexity index is 352. The van der Waals surface area contributed by atoms with E-state index < -0.39 is 5.60 Å². The van der Waals surface area contributed by atoms with Crippen LogP contribution in [0.15, 0.2) is 30.3 Å². The average Bonchev–Trinajstić information content (AvgIpc) is 2.34. The quantitative estimate of drug-likeness (QED) is 0.744. The second-order valence-corrected chi connectivity index (χ2v) is 5.53. The lowest BCUT2D eigenvalue weighted by Gasteiger charge is -2.29. The van der Waals surface area contributed by atoms with Crippen LogP contribution < -0.4 is 5.32 Å². The molecule has 4 nitrogen and oxygen atoms in total. The van der Waals surface area contributed by atoms with Crippen molar-refractivity contribution in [1.29, 1.82) is 0 Å². The highest BCUT2D eigenvalue weighted by molar-refractivity contribution is 5.19. The van der Waals surface area contributed by atoms with E-state index in [0.29, 0.717) is 19.7 Å². The summed E-state index contributed by atoms with van der Waals surface area (Å²) in [4.78, 5) is 1.98. The third kappa shape index (κ3) is 6.16. The van der Waals surface area contributed by atoms with Crippen LogP contribution in [0.4, 0.5) is 0 Å². The number of hydrogen-bond donors (Lipinski definition) is 2. The topological polar surface area (TPSA) is 44.7 Å². The zero-order valence-corrected chi connectivity index (χ0v) is 12.4. The number of nitrogens with one attached hydrogen (secondary N) is 1. The molecule has 0 aliphatic heterocycles. The van der Waals surface area contributed by atoms with Gasteiger partial charge in [-0.25, -0.2) is 0 Å². The first-order valence-corrected chi connectivity index (χ1v) is 6.59. The monoisotopic (exact) mass is 266 g/mol. The van der Waals surface area contributed by atoms with Crippen molar-refractivity contribution in [2.45, 2.75) is 18.6 Å². The van der Waals surface area contributed by atoms with Crippen molar-refractivity contribution >= 4 is 0 Å². The number of hydrogen-bond acceptors (Lipinski definition) is 4. The number of methoxy groups -OCH3 is 1. The molecular weight excluding hydrogens is 240 g/mol. The van der Waals surface area contributed by atoms with Gasteiger partial charge in [0.15, 0.2) is 0 Å². The fraction of sp³-hybridized carbons (Fsp3) is 0.600. The van der Waals surface area contributed by atoms with Crippen molar-refractivity contribution in [3.63, 3.8) is 0 Å². The van der Waals surface area contributed by atoms with Crippen molar-refractivity contribution in [3.8, 4) is 0 Å². The molecule has 0 amide bonds. The zero-order chi connectivity index (χ0) is 14.3. The van der Waals surface area contributed by atoms with Crippen molar-refractivity contribution in [2.75, 3.05) is 40.9 Å². The maximum Gasteiger partial charge on any atom is 0.0869 e. The molecule has 0 aliphatic carbocycles. The molecule has 0 aromatic heterocycles. The SMILES string of the molecule is COCC(NCC(C)(O)CN(C)C)c1ccccc1. The molecule has 108 valence electrons. The summed E-state index contributed by atoms with van der Waals surface area (Å²) in [6.07, 6.45) is 0. The number of ether oxygens (including phenoxy) is 1. The predicted octanol–water partition coefficient (Wildman–Crippen LogP) is 1.28. The molecule has 0 aliphatic rings. The van der Waals surface area contributed by atoms with Gasteiger partial charge in [0.25, 0.3) is 0 Å². The normalized spacial score (nSPS) is 16.3. The van der Waals surface area contributed by atoms with E-state index in [0.717, 1.165) is 0 Å². The summed E-state index contributed by atoms with van der Waals surface area (Å²) < 4.78 is 5.25. The van der Waals surface area contributed by atoms with Gasteiger partial charge in [0.1, 0.15) is 0 Å². The lowest BCUT2D eigenvalue weighted by atomic mass is 10.0. The minimum atomic E-state index is -0.760. The molecule has 0 heterocycles. The number of nitrogens with zero attached hydrogens (tertiary/aromatic N) is 1. The van der Waals surface area contributed by atoms with Crippen molar-refractivity contribution in [1.82, 2.24) is 10.2 Å². The van der Waals surface area contributed by atoms with Crippen molar-refractivity contribution in [3.05, 3.63) is 35.9 Å². The minimum absolute atomic E-state index is 0.0971. The van der Waals surface area contributed by atoms with Crippen molar-refractivity contribution < 1.29 is 9.84 Å². The Labute approximate surface area is 116 Å². The molecule has 2 N–H and O–H groups in total. The van der Waals surface area contributed by atoms with Gasteiger partial charge in [-0.15, -0.1) is 0 Å². The first-order chi connectivity index (χ1) is 8.94. The van der Waals surface area contributed by atoms with Gasteiger partial charge in [0.05, 0.1) is 18.2 Å². The summed E-state index contributed by atoms with van der Waals surface area (Å²) >= 11 is 0. The summed E-state index contributed by atoms with van der Waals surface area (Å²) in [6, 6.07) is 10.2. The van der Waals surface area contributed by atoms with E-state index >= 15 is 0 Å². The number of aliphatic hydroxyl groups is 1. The molecule has 0 fully saturated rings. The molecule has 0 saturated heterocycles. The lowest BCUT2D eigenvalue weighted by Crippen LogP contribution is -2.46. The fourth-order valence-electron chi connectivity index (χ4n) is 2.21. The molecule has 0 bridgehead atoms. The van der Waals surface area contributed by atoms with E-state index in [1.54, 1.807) is 7.11 Å². The first kappa shape index (κ1) is 16.1. The Morgan fingerprint density at radius 2 is 1.95 bits per heavy atom. The second kappa shape index (κ2) is 7.60. The maximum atomic E-state index is 10.3. The number of likely N-dealkylation sites (N-methyl/N-ethyl adjacent to an activating group) is 1. The van der Waals surface area contributed by atoms with Crippen LogP contribution in [0.2, 0.25) is 0 Å². The maximum absolute atomic E-state index is 10.3. The molecule has 1 aromatic carbocycles. The smallest absolute Gasteiger partial charge is 0.0869 e. The van der Waals surface area contributed by atoms with Gasteiger partial charge in [-0.3, -0.25) is 0 Å². The summed E-state index contributed by atoms with van der Waals surface area (Å²) in [5.74, 6) is 0. The second-order valence-electron chi connectivity index (χ2n) is 5.53. The Morgan fingerprint density at radius 3 is 2.47 bits per heavy atom. The van der Waals surface area contributed by atoms with Crippen LogP contribution in [0.3, 0.4) is 0 Å². The first-order valence-electron chi connectivity index (χ1n) is 6.59. The Balaban J connectivity index is 2.60. The van der Waals surface area contributed by atoms with Crippen LogP contribution in [-0.2, 0) is 4.74 Å². The highest BCUT2D eigenvalue weighted by Gasteiger charge is 2.23. The van der Waals surface area contributed by atoms with Crippen LogP contribution in [0, 0.1) is 0 Å². The Morgan fingerprint density at radius 1 is 1.32 bits per heavy atom. The molecule has 1 aromatic rings. The molecule has 2 unspecified atom stereocenters. The molecular formula is C15H26N2O2. The zero-order valence-electron chi connectivity index (χ0n) is 12.4. The molecule has 19 heavy (non-hydrogen) atoms. The summed E-state index contributed by atoms with van der Waals surface area (Å²) in [7, 11) is 5.60. The minimum Gasteiger partial charge on any atom is -0.388 e.